The number of hydrogen-bond donors (Lipinski definition) is 1. The third-order valence-electron chi connectivity index (χ3n) is 8.22. The molecule has 3 nitrogen and oxygen atoms in total. The molecule has 0 bridgehead atoms. The zero-order valence-corrected chi connectivity index (χ0v) is 23.9. The van der Waals surface area contributed by atoms with E-state index in [1.807, 2.05) is 36.4 Å². The van der Waals surface area contributed by atoms with E-state index in [4.69, 9.17) is 4.74 Å². The Morgan fingerprint density at radius 2 is 1.16 bits per heavy atom. The molecule has 0 saturated heterocycles. The number of aromatic hydroxyl groups is 1. The molecule has 0 spiro atoms. The summed E-state index contributed by atoms with van der Waals surface area (Å²) in [5.74, 6) is -0.571. The molecule has 0 fully saturated rings. The number of carbonyl (C=O) groups is 1. The highest BCUT2D eigenvalue weighted by atomic mass is 16.5. The highest BCUT2D eigenvalue weighted by Crippen LogP contribution is 2.42. The normalized spacial score (nSPS) is 11.7. The molecule has 3 heteroatoms. The number of benzene rings is 7. The maximum Gasteiger partial charge on any atom is 0.342 e. The van der Waals surface area contributed by atoms with E-state index >= 15 is 0 Å². The Labute approximate surface area is 250 Å². The van der Waals surface area contributed by atoms with Gasteiger partial charge in [-0.05, 0) is 85.3 Å². The first-order valence-electron chi connectivity index (χ1n) is 14.6. The summed E-state index contributed by atoms with van der Waals surface area (Å²) in [6, 6.07) is 41.3. The lowest BCUT2D eigenvalue weighted by Gasteiger charge is -2.17. The topological polar surface area (TPSA) is 46.5 Å². The SMILES string of the molecule is CCOC(=O)c1c(-c2c3ccccc3cc3ccccc23)ccc(C/C=C/c2c3ccccc3cc3ccccc23)c1O. The Bertz CT molecular complexity index is 2100. The second-order valence-electron chi connectivity index (χ2n) is 10.7. The van der Waals surface area contributed by atoms with Crippen LogP contribution in [0.1, 0.15) is 28.4 Å². The van der Waals surface area contributed by atoms with Gasteiger partial charge in [-0.25, -0.2) is 4.79 Å². The summed E-state index contributed by atoms with van der Waals surface area (Å²) in [5.41, 5.74) is 3.58. The number of carbonyl (C=O) groups excluding carboxylic acids is 1. The fourth-order valence-electron chi connectivity index (χ4n) is 6.25. The number of phenols is 1. The van der Waals surface area contributed by atoms with Crippen LogP contribution < -0.4 is 0 Å². The zero-order valence-electron chi connectivity index (χ0n) is 23.9. The van der Waals surface area contributed by atoms with Crippen molar-refractivity contribution in [1.29, 1.82) is 0 Å². The zero-order chi connectivity index (χ0) is 29.3. The van der Waals surface area contributed by atoms with Crippen molar-refractivity contribution < 1.29 is 14.6 Å². The quantitative estimate of drug-likeness (QED) is 0.163. The minimum atomic E-state index is -0.530. The van der Waals surface area contributed by atoms with Gasteiger partial charge in [-0.15, -0.1) is 0 Å². The lowest BCUT2D eigenvalue weighted by molar-refractivity contribution is 0.0524. The van der Waals surface area contributed by atoms with E-state index in [1.54, 1.807) is 6.92 Å². The van der Waals surface area contributed by atoms with Crippen molar-refractivity contribution in [2.24, 2.45) is 0 Å². The van der Waals surface area contributed by atoms with Crippen molar-refractivity contribution in [2.75, 3.05) is 6.61 Å². The van der Waals surface area contributed by atoms with E-state index < -0.39 is 5.97 Å². The van der Waals surface area contributed by atoms with Crippen molar-refractivity contribution >= 4 is 55.1 Å². The van der Waals surface area contributed by atoms with Crippen LogP contribution in [0.5, 0.6) is 5.75 Å². The number of rotatable bonds is 6. The van der Waals surface area contributed by atoms with Crippen LogP contribution in [0.4, 0.5) is 0 Å². The lowest BCUT2D eigenvalue weighted by atomic mass is 9.88. The first-order valence-corrected chi connectivity index (χ1v) is 14.6. The standard InChI is InChI=1S/C40H30O3/c1-2-43-40(42)38-36(37-33-19-9-5-14-29(33)25-30-15-6-10-20-34(30)37)23-22-26(39(38)41)16-11-21-35-31-17-7-3-12-27(31)24-28-13-4-8-18-32(28)35/h3-15,17-25,41H,2,16H2,1H3/b21-11+. The minimum absolute atomic E-state index is 0.0413. The maximum absolute atomic E-state index is 13.5. The number of fused-ring (bicyclic) bond motifs is 4. The van der Waals surface area contributed by atoms with E-state index in [9.17, 15) is 9.90 Å². The average Bonchev–Trinajstić information content (AvgIpc) is 3.04. The third kappa shape index (κ3) is 4.69. The highest BCUT2D eigenvalue weighted by Gasteiger charge is 2.24. The lowest BCUT2D eigenvalue weighted by Crippen LogP contribution is -2.08. The summed E-state index contributed by atoms with van der Waals surface area (Å²) < 4.78 is 5.50. The van der Waals surface area contributed by atoms with E-state index in [2.05, 4.69) is 97.1 Å². The Kier molecular flexibility index (Phi) is 6.84. The molecule has 0 aliphatic heterocycles. The molecule has 0 aromatic heterocycles. The molecule has 7 aromatic carbocycles. The molecule has 0 heterocycles. The molecular formula is C40H30O3. The summed E-state index contributed by atoms with van der Waals surface area (Å²) in [6.45, 7) is 2.00. The van der Waals surface area contributed by atoms with Crippen molar-refractivity contribution in [1.82, 2.24) is 0 Å². The first-order chi connectivity index (χ1) is 21.1. The third-order valence-corrected chi connectivity index (χ3v) is 8.22. The molecular weight excluding hydrogens is 528 g/mol. The second-order valence-corrected chi connectivity index (χ2v) is 10.7. The Balaban J connectivity index is 1.37. The van der Waals surface area contributed by atoms with E-state index in [0.717, 1.165) is 32.7 Å². The second kappa shape index (κ2) is 11.1. The van der Waals surface area contributed by atoms with Crippen molar-refractivity contribution in [3.05, 3.63) is 144 Å². The van der Waals surface area contributed by atoms with Gasteiger partial charge in [0.05, 0.1) is 6.61 Å². The first kappa shape index (κ1) is 26.5. The van der Waals surface area contributed by atoms with Gasteiger partial charge >= 0.3 is 5.97 Å². The number of ether oxygens (including phenoxy) is 1. The summed E-state index contributed by atoms with van der Waals surface area (Å²) in [7, 11) is 0. The molecule has 0 unspecified atom stereocenters. The number of hydrogen-bond acceptors (Lipinski definition) is 3. The van der Waals surface area contributed by atoms with Gasteiger partial charge in [0.25, 0.3) is 0 Å². The summed E-state index contributed by atoms with van der Waals surface area (Å²) in [4.78, 5) is 13.5. The molecule has 0 amide bonds. The molecule has 1 N–H and O–H groups in total. The molecule has 7 rings (SSSR count). The number of esters is 1. The average molecular weight is 559 g/mol. The molecule has 7 aromatic rings. The van der Waals surface area contributed by atoms with Gasteiger partial charge in [0.2, 0.25) is 0 Å². The van der Waals surface area contributed by atoms with Crippen molar-refractivity contribution in [3.63, 3.8) is 0 Å². The predicted molar refractivity (Wildman–Crippen MR) is 179 cm³/mol. The van der Waals surface area contributed by atoms with Crippen molar-refractivity contribution in [3.8, 4) is 16.9 Å². The smallest absolute Gasteiger partial charge is 0.342 e. The predicted octanol–water partition coefficient (Wildman–Crippen LogP) is 10.1. The van der Waals surface area contributed by atoms with Gasteiger partial charge in [0.15, 0.2) is 0 Å². The Morgan fingerprint density at radius 3 is 1.70 bits per heavy atom. The molecule has 0 radical (unpaired) electrons. The van der Waals surface area contributed by atoms with Gasteiger partial charge in [0.1, 0.15) is 11.3 Å². The molecule has 43 heavy (non-hydrogen) atoms. The van der Waals surface area contributed by atoms with Gasteiger partial charge < -0.3 is 9.84 Å². The Morgan fingerprint density at radius 1 is 0.674 bits per heavy atom. The van der Waals surface area contributed by atoms with Gasteiger partial charge in [-0.1, -0.05) is 121 Å². The van der Waals surface area contributed by atoms with Crippen LogP contribution in [-0.4, -0.2) is 17.7 Å². The van der Waals surface area contributed by atoms with E-state index in [-0.39, 0.29) is 17.9 Å². The number of allylic oxidation sites excluding steroid dienone is 1. The van der Waals surface area contributed by atoms with Crippen LogP contribution >= 0.6 is 0 Å². The largest absolute Gasteiger partial charge is 0.507 e. The molecule has 0 aliphatic rings. The van der Waals surface area contributed by atoms with Crippen LogP contribution in [0.25, 0.3) is 60.3 Å². The molecule has 0 aliphatic carbocycles. The molecule has 0 saturated carbocycles. The fourth-order valence-corrected chi connectivity index (χ4v) is 6.25. The molecule has 208 valence electrons. The summed E-state index contributed by atoms with van der Waals surface area (Å²) in [5, 5.41) is 20.6. The van der Waals surface area contributed by atoms with Gasteiger partial charge in [0, 0.05) is 5.56 Å². The minimum Gasteiger partial charge on any atom is -0.507 e. The Hall–Kier alpha value is -5.41. The van der Waals surface area contributed by atoms with Crippen molar-refractivity contribution in [2.45, 2.75) is 13.3 Å². The monoisotopic (exact) mass is 558 g/mol. The van der Waals surface area contributed by atoms with Crippen LogP contribution in [0, 0.1) is 0 Å². The van der Waals surface area contributed by atoms with Crippen LogP contribution in [0.15, 0.2) is 127 Å². The van der Waals surface area contributed by atoms with Crippen LogP contribution in [0.2, 0.25) is 0 Å². The van der Waals surface area contributed by atoms with Crippen LogP contribution in [0.3, 0.4) is 0 Å². The molecule has 0 atom stereocenters. The summed E-state index contributed by atoms with van der Waals surface area (Å²) in [6.07, 6.45) is 4.64. The van der Waals surface area contributed by atoms with Crippen LogP contribution in [-0.2, 0) is 11.2 Å². The van der Waals surface area contributed by atoms with Gasteiger partial charge in [-0.2, -0.15) is 0 Å². The van der Waals surface area contributed by atoms with E-state index in [1.165, 1.54) is 21.5 Å². The fraction of sp³-hybridized carbons (Fsp3) is 0.0750. The summed E-state index contributed by atoms with van der Waals surface area (Å²) >= 11 is 0. The van der Waals surface area contributed by atoms with E-state index in [0.29, 0.717) is 17.5 Å². The van der Waals surface area contributed by atoms with Gasteiger partial charge in [-0.3, -0.25) is 0 Å². The highest BCUT2D eigenvalue weighted by molar-refractivity contribution is 6.16. The number of phenolic OH excluding ortho intramolecular Hbond substituents is 1. The maximum atomic E-state index is 13.5.